The van der Waals surface area contributed by atoms with Gasteiger partial charge in [0.2, 0.25) is 0 Å². The second-order valence-corrected chi connectivity index (χ2v) is 4.05. The van der Waals surface area contributed by atoms with E-state index in [0.717, 1.165) is 5.56 Å². The van der Waals surface area contributed by atoms with Crippen LogP contribution in [0.5, 0.6) is 5.75 Å². The molecule has 2 heteroatoms. The minimum atomic E-state index is 0.110. The molecule has 2 nitrogen and oxygen atoms in total. The molecule has 0 amide bonds. The molecule has 0 aliphatic carbocycles. The number of ether oxygens (including phenoxy) is 1. The van der Waals surface area contributed by atoms with Crippen LogP contribution in [0, 0.1) is 0 Å². The molecular formula is C16H16O2. The summed E-state index contributed by atoms with van der Waals surface area (Å²) in [6.07, 6.45) is 0.492. The predicted octanol–water partition coefficient (Wildman–Crippen LogP) is 3.86. The van der Waals surface area contributed by atoms with Crippen molar-refractivity contribution in [3.63, 3.8) is 0 Å². The van der Waals surface area contributed by atoms with Gasteiger partial charge in [-0.3, -0.25) is 4.79 Å². The van der Waals surface area contributed by atoms with E-state index in [0.29, 0.717) is 24.3 Å². The lowest BCUT2D eigenvalue weighted by Gasteiger charge is -2.10. The predicted molar refractivity (Wildman–Crippen MR) is 71.8 cm³/mol. The number of carbonyl (C=O) groups is 1. The molecule has 0 radical (unpaired) electrons. The normalized spacial score (nSPS) is 10.1. The van der Waals surface area contributed by atoms with Crippen molar-refractivity contribution in [3.05, 3.63) is 65.7 Å². The maximum atomic E-state index is 11.8. The summed E-state index contributed by atoms with van der Waals surface area (Å²) in [7, 11) is 0. The fourth-order valence-corrected chi connectivity index (χ4v) is 1.75. The van der Waals surface area contributed by atoms with Crippen LogP contribution < -0.4 is 4.74 Å². The molecule has 2 aromatic carbocycles. The Balaban J connectivity index is 2.12. The fourth-order valence-electron chi connectivity index (χ4n) is 1.75. The Labute approximate surface area is 107 Å². The van der Waals surface area contributed by atoms with E-state index in [2.05, 4.69) is 0 Å². The highest BCUT2D eigenvalue weighted by Gasteiger charge is 2.09. The average molecular weight is 240 g/mol. The second kappa shape index (κ2) is 6.01. The van der Waals surface area contributed by atoms with Crippen LogP contribution in [0.3, 0.4) is 0 Å². The number of benzene rings is 2. The lowest BCUT2D eigenvalue weighted by atomic mass is 10.1. The minimum Gasteiger partial charge on any atom is -0.488 e. The molecule has 0 aliphatic rings. The zero-order valence-electron chi connectivity index (χ0n) is 10.4. The van der Waals surface area contributed by atoms with Gasteiger partial charge < -0.3 is 4.74 Å². The van der Waals surface area contributed by atoms with Crippen molar-refractivity contribution in [3.8, 4) is 5.75 Å². The lowest BCUT2D eigenvalue weighted by molar-refractivity contribution is 0.0983. The Morgan fingerprint density at radius 1 is 1.00 bits per heavy atom. The van der Waals surface area contributed by atoms with E-state index in [-0.39, 0.29) is 5.78 Å². The third kappa shape index (κ3) is 2.98. The molecule has 2 aromatic rings. The van der Waals surface area contributed by atoms with E-state index in [1.54, 1.807) is 0 Å². The van der Waals surface area contributed by atoms with Crippen molar-refractivity contribution in [2.45, 2.75) is 20.0 Å². The van der Waals surface area contributed by atoms with Gasteiger partial charge in [-0.05, 0) is 17.7 Å². The summed E-state index contributed by atoms with van der Waals surface area (Å²) in [5.74, 6) is 0.770. The first-order chi connectivity index (χ1) is 8.81. The van der Waals surface area contributed by atoms with Crippen LogP contribution in [0.25, 0.3) is 0 Å². The second-order valence-electron chi connectivity index (χ2n) is 4.05. The lowest BCUT2D eigenvalue weighted by Crippen LogP contribution is -2.03. The average Bonchev–Trinajstić information content (AvgIpc) is 2.45. The summed E-state index contributed by atoms with van der Waals surface area (Å²) in [4.78, 5) is 11.8. The molecule has 0 spiro atoms. The Morgan fingerprint density at radius 2 is 1.67 bits per heavy atom. The van der Waals surface area contributed by atoms with E-state index in [1.807, 2.05) is 61.5 Å². The van der Waals surface area contributed by atoms with E-state index < -0.39 is 0 Å². The summed E-state index contributed by atoms with van der Waals surface area (Å²) in [5, 5.41) is 0. The van der Waals surface area contributed by atoms with Crippen molar-refractivity contribution in [1.82, 2.24) is 0 Å². The zero-order chi connectivity index (χ0) is 12.8. The first-order valence-corrected chi connectivity index (χ1v) is 6.10. The van der Waals surface area contributed by atoms with Crippen LogP contribution in [0.4, 0.5) is 0 Å². The molecule has 0 fully saturated rings. The van der Waals surface area contributed by atoms with Gasteiger partial charge >= 0.3 is 0 Å². The Bertz CT molecular complexity index is 518. The molecule has 18 heavy (non-hydrogen) atoms. The van der Waals surface area contributed by atoms with E-state index in [9.17, 15) is 4.79 Å². The van der Waals surface area contributed by atoms with Crippen molar-refractivity contribution in [2.24, 2.45) is 0 Å². The molecule has 0 saturated heterocycles. The van der Waals surface area contributed by atoms with Gasteiger partial charge in [-0.2, -0.15) is 0 Å². The van der Waals surface area contributed by atoms with Crippen LogP contribution >= 0.6 is 0 Å². The summed E-state index contributed by atoms with van der Waals surface area (Å²) in [6.45, 7) is 2.34. The smallest absolute Gasteiger partial charge is 0.166 e. The number of Topliss-reactive ketones (excluding diaryl/α,β-unsaturated/α-hetero) is 1. The largest absolute Gasteiger partial charge is 0.488 e. The van der Waals surface area contributed by atoms with Crippen LogP contribution in [-0.2, 0) is 6.61 Å². The topological polar surface area (TPSA) is 26.3 Å². The highest BCUT2D eigenvalue weighted by atomic mass is 16.5. The first-order valence-electron chi connectivity index (χ1n) is 6.10. The number of hydrogen-bond donors (Lipinski definition) is 0. The quantitative estimate of drug-likeness (QED) is 0.742. The van der Waals surface area contributed by atoms with Crippen LogP contribution in [0.15, 0.2) is 54.6 Å². The molecule has 0 bridgehead atoms. The van der Waals surface area contributed by atoms with E-state index in [4.69, 9.17) is 4.74 Å². The first kappa shape index (κ1) is 12.4. The van der Waals surface area contributed by atoms with Gasteiger partial charge in [0.05, 0.1) is 5.56 Å². The number of carbonyl (C=O) groups excluding carboxylic acids is 1. The summed E-state index contributed by atoms with van der Waals surface area (Å²) in [6, 6.07) is 17.3. The third-order valence-electron chi connectivity index (χ3n) is 2.75. The van der Waals surface area contributed by atoms with Gasteiger partial charge in [-0.1, -0.05) is 49.4 Å². The van der Waals surface area contributed by atoms with E-state index in [1.165, 1.54) is 0 Å². The molecule has 0 aliphatic heterocycles. The van der Waals surface area contributed by atoms with Crippen LogP contribution in [-0.4, -0.2) is 5.78 Å². The standard InChI is InChI=1S/C16H16O2/c1-2-15(17)14-10-6-7-11-16(14)18-12-13-8-4-3-5-9-13/h3-11H,2,12H2,1H3. The summed E-state index contributed by atoms with van der Waals surface area (Å²) < 4.78 is 5.73. The molecule has 0 unspecified atom stereocenters. The maximum absolute atomic E-state index is 11.8. The highest BCUT2D eigenvalue weighted by Crippen LogP contribution is 2.20. The van der Waals surface area contributed by atoms with Crippen molar-refractivity contribution in [2.75, 3.05) is 0 Å². The SMILES string of the molecule is CCC(=O)c1ccccc1OCc1ccccc1. The van der Waals surface area contributed by atoms with Crippen LogP contribution in [0.2, 0.25) is 0 Å². The Hall–Kier alpha value is -2.09. The van der Waals surface area contributed by atoms with Crippen molar-refractivity contribution < 1.29 is 9.53 Å². The van der Waals surface area contributed by atoms with Gasteiger partial charge in [-0.25, -0.2) is 0 Å². The zero-order valence-corrected chi connectivity index (χ0v) is 10.4. The van der Waals surface area contributed by atoms with Crippen LogP contribution in [0.1, 0.15) is 29.3 Å². The molecule has 0 N–H and O–H groups in total. The maximum Gasteiger partial charge on any atom is 0.166 e. The summed E-state index contributed by atoms with van der Waals surface area (Å²) >= 11 is 0. The Kier molecular flexibility index (Phi) is 4.13. The molecule has 0 saturated carbocycles. The fraction of sp³-hybridized carbons (Fsp3) is 0.188. The molecule has 0 heterocycles. The van der Waals surface area contributed by atoms with Gasteiger partial charge in [-0.15, -0.1) is 0 Å². The van der Waals surface area contributed by atoms with E-state index >= 15 is 0 Å². The number of ketones is 1. The van der Waals surface area contributed by atoms with Gasteiger partial charge in [0, 0.05) is 6.42 Å². The van der Waals surface area contributed by atoms with Crippen molar-refractivity contribution in [1.29, 1.82) is 0 Å². The van der Waals surface area contributed by atoms with Crippen molar-refractivity contribution >= 4 is 5.78 Å². The minimum absolute atomic E-state index is 0.110. The molecular weight excluding hydrogens is 224 g/mol. The monoisotopic (exact) mass is 240 g/mol. The van der Waals surface area contributed by atoms with Gasteiger partial charge in [0.25, 0.3) is 0 Å². The molecule has 92 valence electrons. The molecule has 0 atom stereocenters. The number of rotatable bonds is 5. The molecule has 2 rings (SSSR count). The third-order valence-corrected chi connectivity index (χ3v) is 2.75. The summed E-state index contributed by atoms with van der Waals surface area (Å²) in [5.41, 5.74) is 1.76. The van der Waals surface area contributed by atoms with Gasteiger partial charge in [0.15, 0.2) is 5.78 Å². The molecule has 0 aromatic heterocycles. The Morgan fingerprint density at radius 3 is 2.39 bits per heavy atom. The number of para-hydroxylation sites is 1. The number of hydrogen-bond acceptors (Lipinski definition) is 2. The van der Waals surface area contributed by atoms with Gasteiger partial charge in [0.1, 0.15) is 12.4 Å². The highest BCUT2D eigenvalue weighted by molar-refractivity contribution is 5.98.